The van der Waals surface area contributed by atoms with Gasteiger partial charge in [0.1, 0.15) is 0 Å². The zero-order chi connectivity index (χ0) is 16.5. The van der Waals surface area contributed by atoms with E-state index >= 15 is 0 Å². The van der Waals surface area contributed by atoms with Gasteiger partial charge in [-0.15, -0.1) is 4.13 Å². The molecule has 0 heterocycles. The Morgan fingerprint density at radius 2 is 1.57 bits per heavy atom. The van der Waals surface area contributed by atoms with Crippen molar-refractivity contribution in [2.24, 2.45) is 11.8 Å². The van der Waals surface area contributed by atoms with Crippen molar-refractivity contribution in [1.82, 2.24) is 4.13 Å². The lowest BCUT2D eigenvalue weighted by molar-refractivity contribution is -0.0441. The van der Waals surface area contributed by atoms with Crippen LogP contribution in [0.5, 0.6) is 0 Å². The molecule has 0 aromatic carbocycles. The number of alkyl halides is 3. The lowest BCUT2D eigenvalue weighted by Gasteiger charge is -2.31. The molecule has 1 fully saturated rings. The van der Waals surface area contributed by atoms with Gasteiger partial charge in [-0.2, -0.15) is 13.2 Å². The standard InChI is InChI=1S/C11H20F3NO4S2/c1-3-8(2)9-4-6-10(7-5-9)20(16,17)15-21(18,19)11(12,13)14/h8-10,15H,3-7H2,1-2H3. The zero-order valence-electron chi connectivity index (χ0n) is 11.9. The summed E-state index contributed by atoms with van der Waals surface area (Å²) >= 11 is 0. The first-order valence-electron chi connectivity index (χ1n) is 6.74. The maximum atomic E-state index is 12.2. The molecule has 1 saturated carbocycles. The molecular weight excluding hydrogens is 331 g/mol. The van der Waals surface area contributed by atoms with Crippen LogP contribution >= 0.6 is 0 Å². The first-order valence-corrected chi connectivity index (χ1v) is 9.77. The minimum absolute atomic E-state index is 0.178. The summed E-state index contributed by atoms with van der Waals surface area (Å²) < 4.78 is 82.9. The van der Waals surface area contributed by atoms with Crippen molar-refractivity contribution in [1.29, 1.82) is 0 Å². The molecule has 0 saturated heterocycles. The summed E-state index contributed by atoms with van der Waals surface area (Å²) in [6.07, 6.45) is 2.46. The van der Waals surface area contributed by atoms with Crippen LogP contribution in [0.25, 0.3) is 0 Å². The quantitative estimate of drug-likeness (QED) is 0.824. The normalized spacial score (nSPS) is 26.5. The van der Waals surface area contributed by atoms with Crippen LogP contribution in [0.2, 0.25) is 0 Å². The highest BCUT2D eigenvalue weighted by atomic mass is 32.3. The molecule has 0 aromatic rings. The second kappa shape index (κ2) is 6.41. The van der Waals surface area contributed by atoms with Gasteiger partial charge in [-0.25, -0.2) is 16.8 Å². The van der Waals surface area contributed by atoms with E-state index in [2.05, 4.69) is 0 Å². The van der Waals surface area contributed by atoms with Gasteiger partial charge in [-0.1, -0.05) is 20.3 Å². The van der Waals surface area contributed by atoms with Gasteiger partial charge in [0.15, 0.2) is 0 Å². The van der Waals surface area contributed by atoms with Crippen molar-refractivity contribution in [3.05, 3.63) is 0 Å². The lowest BCUT2D eigenvalue weighted by atomic mass is 9.80. The Morgan fingerprint density at radius 1 is 1.10 bits per heavy atom. The highest BCUT2D eigenvalue weighted by Gasteiger charge is 2.49. The molecule has 1 aliphatic rings. The Morgan fingerprint density at radius 3 is 1.95 bits per heavy atom. The van der Waals surface area contributed by atoms with Crippen molar-refractivity contribution in [2.75, 3.05) is 0 Å². The van der Waals surface area contributed by atoms with Gasteiger partial charge >= 0.3 is 15.5 Å². The third-order valence-corrected chi connectivity index (χ3v) is 7.90. The minimum Gasteiger partial charge on any atom is -0.211 e. The Bertz CT molecular complexity index is 549. The van der Waals surface area contributed by atoms with Crippen LogP contribution in [0.3, 0.4) is 0 Å². The Labute approximate surface area is 123 Å². The van der Waals surface area contributed by atoms with E-state index < -0.39 is 30.8 Å². The van der Waals surface area contributed by atoms with E-state index in [9.17, 15) is 30.0 Å². The molecule has 0 aliphatic heterocycles. The van der Waals surface area contributed by atoms with Crippen molar-refractivity contribution < 1.29 is 30.0 Å². The number of nitrogens with one attached hydrogen (secondary N) is 1. The topological polar surface area (TPSA) is 80.3 Å². The van der Waals surface area contributed by atoms with Crippen molar-refractivity contribution >= 4 is 20.0 Å². The summed E-state index contributed by atoms with van der Waals surface area (Å²) in [5.41, 5.74) is -5.63. The molecule has 0 radical (unpaired) electrons. The number of halogens is 3. The van der Waals surface area contributed by atoms with Crippen molar-refractivity contribution in [3.63, 3.8) is 0 Å². The Hall–Kier alpha value is -0.350. The number of sulfonamides is 2. The fourth-order valence-corrected chi connectivity index (χ4v) is 5.61. The minimum atomic E-state index is -5.88. The molecule has 1 N–H and O–H groups in total. The van der Waals surface area contributed by atoms with Gasteiger partial charge in [-0.05, 0) is 37.5 Å². The molecule has 0 bridgehead atoms. The van der Waals surface area contributed by atoms with E-state index in [4.69, 9.17) is 0 Å². The van der Waals surface area contributed by atoms with Crippen LogP contribution in [0.15, 0.2) is 0 Å². The van der Waals surface area contributed by atoms with Crippen LogP contribution in [-0.2, 0) is 20.0 Å². The van der Waals surface area contributed by atoms with Gasteiger partial charge in [-0.3, -0.25) is 0 Å². The van der Waals surface area contributed by atoms with E-state index in [1.807, 2.05) is 13.8 Å². The SMILES string of the molecule is CCC(C)C1CCC(S(=O)(=O)NS(=O)(=O)C(F)(F)F)CC1. The van der Waals surface area contributed by atoms with Crippen molar-refractivity contribution in [3.8, 4) is 0 Å². The lowest BCUT2D eigenvalue weighted by Crippen LogP contribution is -2.45. The average Bonchev–Trinajstić information content (AvgIpc) is 2.35. The van der Waals surface area contributed by atoms with Gasteiger partial charge < -0.3 is 0 Å². The highest BCUT2D eigenvalue weighted by molar-refractivity contribution is 8.05. The van der Waals surface area contributed by atoms with Gasteiger partial charge in [0, 0.05) is 0 Å². The maximum absolute atomic E-state index is 12.2. The highest BCUT2D eigenvalue weighted by Crippen LogP contribution is 2.34. The summed E-state index contributed by atoms with van der Waals surface area (Å²) in [5.74, 6) is 0.751. The Balaban J connectivity index is 2.75. The Kier molecular flexibility index (Phi) is 5.71. The fraction of sp³-hybridized carbons (Fsp3) is 1.00. The third kappa shape index (κ3) is 4.56. The first-order chi connectivity index (χ1) is 9.40. The molecule has 0 aromatic heterocycles. The van der Waals surface area contributed by atoms with E-state index in [-0.39, 0.29) is 12.8 Å². The average molecular weight is 351 g/mol. The largest absolute Gasteiger partial charge is 0.512 e. The predicted octanol–water partition coefficient (Wildman–Crippen LogP) is 2.36. The van der Waals surface area contributed by atoms with E-state index in [1.165, 1.54) is 0 Å². The van der Waals surface area contributed by atoms with Gasteiger partial charge in [0.25, 0.3) is 0 Å². The molecule has 0 spiro atoms. The summed E-state index contributed by atoms with van der Waals surface area (Å²) in [7, 11) is -10.4. The predicted molar refractivity (Wildman–Crippen MR) is 72.2 cm³/mol. The second-order valence-electron chi connectivity index (χ2n) is 5.50. The smallest absolute Gasteiger partial charge is 0.211 e. The van der Waals surface area contributed by atoms with E-state index in [0.29, 0.717) is 24.7 Å². The fourth-order valence-electron chi connectivity index (χ4n) is 2.57. The molecule has 10 heteroatoms. The van der Waals surface area contributed by atoms with Crippen LogP contribution in [0, 0.1) is 11.8 Å². The van der Waals surface area contributed by atoms with Crippen LogP contribution in [-0.4, -0.2) is 27.6 Å². The van der Waals surface area contributed by atoms with Gasteiger partial charge in [0.2, 0.25) is 10.0 Å². The van der Waals surface area contributed by atoms with Crippen molar-refractivity contribution in [2.45, 2.75) is 56.7 Å². The molecular formula is C11H20F3NO4S2. The number of rotatable bonds is 5. The second-order valence-corrected chi connectivity index (χ2v) is 9.39. The summed E-state index contributed by atoms with van der Waals surface area (Å²) in [6, 6.07) is 0. The maximum Gasteiger partial charge on any atom is 0.512 e. The summed E-state index contributed by atoms with van der Waals surface area (Å²) in [6.45, 7) is 4.07. The summed E-state index contributed by atoms with van der Waals surface area (Å²) in [5, 5.41) is -1.09. The monoisotopic (exact) mass is 351 g/mol. The molecule has 1 unspecified atom stereocenters. The molecule has 21 heavy (non-hydrogen) atoms. The van der Waals surface area contributed by atoms with E-state index in [1.54, 1.807) is 0 Å². The van der Waals surface area contributed by atoms with Crippen LogP contribution < -0.4 is 4.13 Å². The zero-order valence-corrected chi connectivity index (χ0v) is 13.5. The molecule has 5 nitrogen and oxygen atoms in total. The molecule has 0 amide bonds. The molecule has 1 rings (SSSR count). The summed E-state index contributed by atoms with van der Waals surface area (Å²) in [4.78, 5) is 0. The first kappa shape index (κ1) is 18.7. The number of hydrogen-bond acceptors (Lipinski definition) is 4. The van der Waals surface area contributed by atoms with Crippen LogP contribution in [0.4, 0.5) is 13.2 Å². The third-order valence-electron chi connectivity index (χ3n) is 4.14. The molecule has 126 valence electrons. The van der Waals surface area contributed by atoms with Gasteiger partial charge in [0.05, 0.1) is 5.25 Å². The molecule has 1 atom stereocenters. The number of hydrogen-bond donors (Lipinski definition) is 1. The van der Waals surface area contributed by atoms with Crippen LogP contribution in [0.1, 0.15) is 46.0 Å². The molecule has 1 aliphatic carbocycles. The van der Waals surface area contributed by atoms with E-state index in [0.717, 1.165) is 10.5 Å².